The molecule has 17 heavy (non-hydrogen) atoms. The van der Waals surface area contributed by atoms with Crippen molar-refractivity contribution in [2.45, 2.75) is 33.2 Å². The Kier molecular flexibility index (Phi) is 3.27. The van der Waals surface area contributed by atoms with E-state index >= 15 is 0 Å². The largest absolute Gasteiger partial charge is 0.330 e. The molecule has 0 spiro atoms. The smallest absolute Gasteiger partial charge is 0.123 e. The van der Waals surface area contributed by atoms with Crippen LogP contribution < -0.4 is 0 Å². The molecule has 90 valence electrons. The van der Waals surface area contributed by atoms with Crippen LogP contribution in [0.1, 0.15) is 36.7 Å². The van der Waals surface area contributed by atoms with E-state index < -0.39 is 0 Å². The lowest BCUT2D eigenvalue weighted by molar-refractivity contribution is 0.622. The third-order valence-electron chi connectivity index (χ3n) is 2.91. The minimum Gasteiger partial charge on any atom is -0.330 e. The first-order chi connectivity index (χ1) is 8.08. The van der Waals surface area contributed by atoms with Crippen molar-refractivity contribution in [3.8, 4) is 0 Å². The molecule has 0 aliphatic heterocycles. The topological polar surface area (TPSA) is 17.8 Å². The normalized spacial score (nSPS) is 11.1. The predicted molar refractivity (Wildman–Crippen MR) is 66.6 cm³/mol. The summed E-state index contributed by atoms with van der Waals surface area (Å²) in [5.41, 5.74) is 2.11. The van der Waals surface area contributed by atoms with Gasteiger partial charge in [-0.3, -0.25) is 0 Å². The zero-order chi connectivity index (χ0) is 12.4. The van der Waals surface area contributed by atoms with E-state index in [2.05, 4.69) is 23.4 Å². The molecule has 0 atom stereocenters. The van der Waals surface area contributed by atoms with Crippen molar-refractivity contribution in [1.29, 1.82) is 0 Å². The number of nitrogens with zero attached hydrogens (tertiary/aromatic N) is 2. The van der Waals surface area contributed by atoms with Crippen LogP contribution in [-0.2, 0) is 6.54 Å². The lowest BCUT2D eigenvalue weighted by atomic mass is 10.1. The van der Waals surface area contributed by atoms with Crippen molar-refractivity contribution in [2.24, 2.45) is 0 Å². The van der Waals surface area contributed by atoms with E-state index in [0.29, 0.717) is 5.92 Å². The summed E-state index contributed by atoms with van der Waals surface area (Å²) in [6.45, 7) is 6.93. The molecule has 0 aliphatic rings. The molecule has 0 saturated heterocycles. The van der Waals surface area contributed by atoms with Gasteiger partial charge in [-0.25, -0.2) is 9.37 Å². The third-order valence-corrected chi connectivity index (χ3v) is 2.91. The Morgan fingerprint density at radius 1 is 1.35 bits per heavy atom. The van der Waals surface area contributed by atoms with E-state index in [1.165, 1.54) is 6.07 Å². The summed E-state index contributed by atoms with van der Waals surface area (Å²) in [6, 6.07) is 4.92. The number of imidazole rings is 1. The van der Waals surface area contributed by atoms with Crippen LogP contribution in [0.2, 0.25) is 0 Å². The lowest BCUT2D eigenvalue weighted by Gasteiger charge is -2.12. The van der Waals surface area contributed by atoms with Crippen LogP contribution in [0.3, 0.4) is 0 Å². The van der Waals surface area contributed by atoms with E-state index in [4.69, 9.17) is 0 Å². The monoisotopic (exact) mass is 232 g/mol. The first kappa shape index (κ1) is 11.8. The second kappa shape index (κ2) is 4.70. The summed E-state index contributed by atoms with van der Waals surface area (Å²) in [5, 5.41) is 0. The number of hydrogen-bond donors (Lipinski definition) is 0. The molecule has 0 aliphatic carbocycles. The number of hydrogen-bond acceptors (Lipinski definition) is 1. The van der Waals surface area contributed by atoms with Gasteiger partial charge in [0.25, 0.3) is 0 Å². The van der Waals surface area contributed by atoms with E-state index in [1.807, 2.05) is 25.4 Å². The molecule has 0 amide bonds. The highest BCUT2D eigenvalue weighted by Gasteiger charge is 2.08. The lowest BCUT2D eigenvalue weighted by Crippen LogP contribution is -2.07. The van der Waals surface area contributed by atoms with Gasteiger partial charge in [-0.2, -0.15) is 0 Å². The summed E-state index contributed by atoms with van der Waals surface area (Å²) < 4.78 is 15.1. The van der Waals surface area contributed by atoms with Crippen LogP contribution in [0.25, 0.3) is 0 Å². The maximum absolute atomic E-state index is 13.0. The summed E-state index contributed by atoms with van der Waals surface area (Å²) in [5.74, 6) is 1.28. The van der Waals surface area contributed by atoms with E-state index in [1.54, 1.807) is 6.07 Å². The number of rotatable bonds is 3. The highest BCUT2D eigenvalue weighted by Crippen LogP contribution is 2.16. The molecule has 0 unspecified atom stereocenters. The van der Waals surface area contributed by atoms with Gasteiger partial charge in [0, 0.05) is 24.9 Å². The number of aryl methyl sites for hydroxylation is 1. The molecule has 1 aromatic carbocycles. The molecule has 0 saturated carbocycles. The molecule has 0 N–H and O–H groups in total. The van der Waals surface area contributed by atoms with E-state index in [9.17, 15) is 4.39 Å². The first-order valence-electron chi connectivity index (χ1n) is 5.84. The number of benzene rings is 1. The second-order valence-electron chi connectivity index (χ2n) is 4.64. The molecule has 0 bridgehead atoms. The number of aromatic nitrogens is 2. The Morgan fingerprint density at radius 2 is 2.12 bits per heavy atom. The molecule has 0 radical (unpaired) electrons. The Bertz CT molecular complexity index is 515. The van der Waals surface area contributed by atoms with Crippen LogP contribution in [-0.4, -0.2) is 9.55 Å². The SMILES string of the molecule is Cc1cc(F)ccc1Cn1ccnc1C(C)C. The zero-order valence-electron chi connectivity index (χ0n) is 10.4. The summed E-state index contributed by atoms with van der Waals surface area (Å²) >= 11 is 0. The fraction of sp³-hybridized carbons (Fsp3) is 0.357. The first-order valence-corrected chi connectivity index (χ1v) is 5.84. The van der Waals surface area contributed by atoms with Crippen LogP contribution in [0.5, 0.6) is 0 Å². The van der Waals surface area contributed by atoms with Gasteiger partial charge in [-0.15, -0.1) is 0 Å². The van der Waals surface area contributed by atoms with Crippen LogP contribution in [0.15, 0.2) is 30.6 Å². The third kappa shape index (κ3) is 2.54. The van der Waals surface area contributed by atoms with Crippen molar-refractivity contribution in [2.75, 3.05) is 0 Å². The molecule has 2 aromatic rings. The van der Waals surface area contributed by atoms with Gasteiger partial charge >= 0.3 is 0 Å². The van der Waals surface area contributed by atoms with Gasteiger partial charge in [-0.05, 0) is 30.2 Å². The van der Waals surface area contributed by atoms with Crippen molar-refractivity contribution in [3.63, 3.8) is 0 Å². The molecule has 2 rings (SSSR count). The second-order valence-corrected chi connectivity index (χ2v) is 4.64. The maximum Gasteiger partial charge on any atom is 0.123 e. The van der Waals surface area contributed by atoms with E-state index in [-0.39, 0.29) is 5.82 Å². The molecule has 3 heteroatoms. The van der Waals surface area contributed by atoms with Gasteiger partial charge in [0.15, 0.2) is 0 Å². The predicted octanol–water partition coefficient (Wildman–Crippen LogP) is 3.50. The van der Waals surface area contributed by atoms with Gasteiger partial charge in [0.05, 0.1) is 0 Å². The minimum absolute atomic E-state index is 0.180. The molecular formula is C14H17FN2. The van der Waals surface area contributed by atoms with Crippen molar-refractivity contribution in [1.82, 2.24) is 9.55 Å². The summed E-state index contributed by atoms with van der Waals surface area (Å²) in [7, 11) is 0. The fourth-order valence-electron chi connectivity index (χ4n) is 1.98. The summed E-state index contributed by atoms with van der Waals surface area (Å²) in [6.07, 6.45) is 3.78. The minimum atomic E-state index is -0.180. The standard InChI is InChI=1S/C14H17FN2/c1-10(2)14-16-6-7-17(14)9-12-4-5-13(15)8-11(12)3/h4-8,10H,9H2,1-3H3. The molecule has 1 aromatic heterocycles. The van der Waals surface area contributed by atoms with Gasteiger partial charge in [-0.1, -0.05) is 19.9 Å². The highest BCUT2D eigenvalue weighted by atomic mass is 19.1. The van der Waals surface area contributed by atoms with Gasteiger partial charge < -0.3 is 4.57 Å². The average Bonchev–Trinajstić information content (AvgIpc) is 2.70. The Hall–Kier alpha value is -1.64. The van der Waals surface area contributed by atoms with E-state index in [0.717, 1.165) is 23.5 Å². The maximum atomic E-state index is 13.0. The Morgan fingerprint density at radius 3 is 2.76 bits per heavy atom. The van der Waals surface area contributed by atoms with Crippen LogP contribution in [0.4, 0.5) is 4.39 Å². The van der Waals surface area contributed by atoms with Crippen LogP contribution in [0, 0.1) is 12.7 Å². The van der Waals surface area contributed by atoms with Crippen molar-refractivity contribution >= 4 is 0 Å². The highest BCUT2D eigenvalue weighted by molar-refractivity contribution is 5.27. The van der Waals surface area contributed by atoms with Gasteiger partial charge in [0.1, 0.15) is 11.6 Å². The summed E-state index contributed by atoms with van der Waals surface area (Å²) in [4.78, 5) is 4.35. The van der Waals surface area contributed by atoms with Gasteiger partial charge in [0.2, 0.25) is 0 Å². The molecule has 0 fully saturated rings. The molecular weight excluding hydrogens is 215 g/mol. The van der Waals surface area contributed by atoms with Crippen LogP contribution >= 0.6 is 0 Å². The number of halogens is 1. The molecule has 2 nitrogen and oxygen atoms in total. The van der Waals surface area contributed by atoms with Crippen molar-refractivity contribution in [3.05, 3.63) is 53.4 Å². The Labute approximate surface area is 101 Å². The average molecular weight is 232 g/mol. The quantitative estimate of drug-likeness (QED) is 0.792. The van der Waals surface area contributed by atoms with Crippen molar-refractivity contribution < 1.29 is 4.39 Å². The fourth-order valence-corrected chi connectivity index (χ4v) is 1.98. The Balaban J connectivity index is 2.28. The zero-order valence-corrected chi connectivity index (χ0v) is 10.4. The molecule has 1 heterocycles.